The summed E-state index contributed by atoms with van der Waals surface area (Å²) in [6.07, 6.45) is 8.22. The number of allylic oxidation sites excluding steroid dienone is 4. The van der Waals surface area contributed by atoms with Gasteiger partial charge in [-0.15, -0.1) is 0 Å². The van der Waals surface area contributed by atoms with E-state index in [1.807, 2.05) is 49.4 Å². The minimum Gasteiger partial charge on any atom is -0.331 e. The van der Waals surface area contributed by atoms with Crippen LogP contribution < -0.4 is 10.7 Å². The zero-order chi connectivity index (χ0) is 12.8. The molecule has 18 heavy (non-hydrogen) atoms. The molecule has 0 unspecified atom stereocenters. The van der Waals surface area contributed by atoms with Crippen molar-refractivity contribution in [2.75, 3.05) is 5.32 Å². The molecule has 2 rings (SSSR count). The Morgan fingerprint density at radius 3 is 2.50 bits per heavy atom. The average Bonchev–Trinajstić information content (AvgIpc) is 2.91. The van der Waals surface area contributed by atoms with Crippen molar-refractivity contribution in [1.29, 1.82) is 0 Å². The van der Waals surface area contributed by atoms with E-state index >= 15 is 0 Å². The third kappa shape index (κ3) is 3.53. The van der Waals surface area contributed by atoms with Gasteiger partial charge in [0.15, 0.2) is 5.11 Å². The molecule has 1 aromatic carbocycles. The summed E-state index contributed by atoms with van der Waals surface area (Å²) in [4.78, 5) is 0. The molecule has 1 aromatic rings. The van der Waals surface area contributed by atoms with Crippen LogP contribution in [0.5, 0.6) is 0 Å². The molecular formula is C14H15N3S. The van der Waals surface area contributed by atoms with Crippen LogP contribution in [0.25, 0.3) is 0 Å². The van der Waals surface area contributed by atoms with Gasteiger partial charge in [0, 0.05) is 17.3 Å². The van der Waals surface area contributed by atoms with E-state index in [9.17, 15) is 0 Å². The number of anilines is 1. The molecule has 0 amide bonds. The molecule has 0 bridgehead atoms. The SMILES string of the molecule is C/C(=N\NC(=S)Nc1ccccc1)C1C=CC=C1. The van der Waals surface area contributed by atoms with Crippen molar-refractivity contribution >= 4 is 28.7 Å². The molecule has 1 aliphatic carbocycles. The Morgan fingerprint density at radius 1 is 1.17 bits per heavy atom. The number of hydrogen-bond donors (Lipinski definition) is 2. The normalized spacial score (nSPS) is 14.8. The minimum absolute atomic E-state index is 0.275. The fourth-order valence-corrected chi connectivity index (χ4v) is 1.77. The van der Waals surface area contributed by atoms with E-state index in [0.717, 1.165) is 11.4 Å². The first-order valence-electron chi connectivity index (χ1n) is 5.77. The third-order valence-electron chi connectivity index (χ3n) is 2.60. The van der Waals surface area contributed by atoms with Gasteiger partial charge in [0.2, 0.25) is 0 Å². The molecule has 1 aliphatic rings. The van der Waals surface area contributed by atoms with E-state index in [0.29, 0.717) is 5.11 Å². The summed E-state index contributed by atoms with van der Waals surface area (Å²) in [5, 5.41) is 7.82. The lowest BCUT2D eigenvalue weighted by Gasteiger charge is -2.09. The van der Waals surface area contributed by atoms with Gasteiger partial charge < -0.3 is 5.32 Å². The summed E-state index contributed by atoms with van der Waals surface area (Å²) in [5.74, 6) is 0.275. The standard InChI is InChI=1S/C14H15N3S/c1-11(12-7-5-6-8-12)16-17-14(18)15-13-9-3-2-4-10-13/h2-10,12H,1H3,(H2,15,17,18)/b16-11+. The number of nitrogens with zero attached hydrogens (tertiary/aromatic N) is 1. The number of para-hydroxylation sites is 1. The maximum atomic E-state index is 5.16. The molecule has 92 valence electrons. The predicted molar refractivity (Wildman–Crippen MR) is 80.7 cm³/mol. The van der Waals surface area contributed by atoms with E-state index in [1.165, 1.54) is 0 Å². The smallest absolute Gasteiger partial charge is 0.191 e. The molecule has 4 heteroatoms. The number of benzene rings is 1. The zero-order valence-corrected chi connectivity index (χ0v) is 10.9. The molecule has 0 aliphatic heterocycles. The van der Waals surface area contributed by atoms with Gasteiger partial charge >= 0.3 is 0 Å². The summed E-state index contributed by atoms with van der Waals surface area (Å²) in [5.41, 5.74) is 4.78. The molecule has 3 nitrogen and oxygen atoms in total. The molecule has 0 fully saturated rings. The maximum absolute atomic E-state index is 5.16. The summed E-state index contributed by atoms with van der Waals surface area (Å²) < 4.78 is 0. The fraction of sp³-hybridized carbons (Fsp3) is 0.143. The van der Waals surface area contributed by atoms with E-state index in [4.69, 9.17) is 12.2 Å². The van der Waals surface area contributed by atoms with E-state index in [1.54, 1.807) is 0 Å². The second-order valence-corrected chi connectivity index (χ2v) is 4.39. The highest BCUT2D eigenvalue weighted by Crippen LogP contribution is 2.10. The Kier molecular flexibility index (Phi) is 4.25. The number of nitrogens with one attached hydrogen (secondary N) is 2. The van der Waals surface area contributed by atoms with E-state index < -0.39 is 0 Å². The van der Waals surface area contributed by atoms with E-state index in [2.05, 4.69) is 28.0 Å². The molecule has 0 atom stereocenters. The van der Waals surface area contributed by atoms with Gasteiger partial charge in [-0.2, -0.15) is 5.10 Å². The van der Waals surface area contributed by atoms with Crippen LogP contribution in [-0.2, 0) is 0 Å². The molecular weight excluding hydrogens is 242 g/mol. The summed E-state index contributed by atoms with van der Waals surface area (Å²) in [6, 6.07) is 9.77. The minimum atomic E-state index is 0.275. The Balaban J connectivity index is 1.86. The lowest BCUT2D eigenvalue weighted by Crippen LogP contribution is -2.25. The van der Waals surface area contributed by atoms with Gasteiger partial charge in [-0.3, -0.25) is 5.43 Å². The highest BCUT2D eigenvalue weighted by Gasteiger charge is 2.07. The third-order valence-corrected chi connectivity index (χ3v) is 2.79. The maximum Gasteiger partial charge on any atom is 0.191 e. The largest absolute Gasteiger partial charge is 0.331 e. The topological polar surface area (TPSA) is 36.4 Å². The van der Waals surface area contributed by atoms with Gasteiger partial charge in [-0.25, -0.2) is 0 Å². The highest BCUT2D eigenvalue weighted by molar-refractivity contribution is 7.80. The van der Waals surface area contributed by atoms with Crippen LogP contribution in [-0.4, -0.2) is 10.8 Å². The molecule has 0 spiro atoms. The Morgan fingerprint density at radius 2 is 1.83 bits per heavy atom. The van der Waals surface area contributed by atoms with Crippen molar-refractivity contribution in [2.24, 2.45) is 11.0 Å². The number of rotatable bonds is 3. The average molecular weight is 257 g/mol. The van der Waals surface area contributed by atoms with E-state index in [-0.39, 0.29) is 5.92 Å². The molecule has 0 aromatic heterocycles. The molecule has 0 radical (unpaired) electrons. The van der Waals surface area contributed by atoms with Crippen LogP contribution in [0.2, 0.25) is 0 Å². The van der Waals surface area contributed by atoms with Gasteiger partial charge in [-0.05, 0) is 31.3 Å². The summed E-state index contributed by atoms with van der Waals surface area (Å²) >= 11 is 5.16. The number of thiocarbonyl (C=S) groups is 1. The zero-order valence-electron chi connectivity index (χ0n) is 10.1. The van der Waals surface area contributed by atoms with Crippen molar-refractivity contribution in [3.8, 4) is 0 Å². The van der Waals surface area contributed by atoms with Crippen LogP contribution in [0.3, 0.4) is 0 Å². The molecule has 0 heterocycles. The lowest BCUT2D eigenvalue weighted by atomic mass is 10.1. The van der Waals surface area contributed by atoms with Crippen LogP contribution >= 0.6 is 12.2 Å². The Hall–Kier alpha value is -1.94. The van der Waals surface area contributed by atoms with Crippen LogP contribution in [0.1, 0.15) is 6.92 Å². The monoisotopic (exact) mass is 257 g/mol. The van der Waals surface area contributed by atoms with Crippen molar-refractivity contribution < 1.29 is 0 Å². The van der Waals surface area contributed by atoms with Crippen molar-refractivity contribution in [3.05, 3.63) is 54.6 Å². The van der Waals surface area contributed by atoms with Crippen LogP contribution in [0, 0.1) is 5.92 Å². The van der Waals surface area contributed by atoms with Crippen LogP contribution in [0.4, 0.5) is 5.69 Å². The molecule has 0 saturated carbocycles. The summed E-state index contributed by atoms with van der Waals surface area (Å²) in [6.45, 7) is 1.97. The van der Waals surface area contributed by atoms with Gasteiger partial charge in [0.1, 0.15) is 0 Å². The Bertz CT molecular complexity index is 491. The van der Waals surface area contributed by atoms with Crippen molar-refractivity contribution in [3.63, 3.8) is 0 Å². The van der Waals surface area contributed by atoms with Crippen molar-refractivity contribution in [1.82, 2.24) is 5.43 Å². The summed E-state index contributed by atoms with van der Waals surface area (Å²) in [7, 11) is 0. The van der Waals surface area contributed by atoms with Crippen LogP contribution in [0.15, 0.2) is 59.7 Å². The number of hydrazone groups is 1. The first-order valence-corrected chi connectivity index (χ1v) is 6.18. The molecule has 2 N–H and O–H groups in total. The fourth-order valence-electron chi connectivity index (χ4n) is 1.60. The van der Waals surface area contributed by atoms with Gasteiger partial charge in [0.25, 0.3) is 0 Å². The Labute approximate surface area is 112 Å². The first kappa shape index (κ1) is 12.5. The second-order valence-electron chi connectivity index (χ2n) is 3.98. The van der Waals surface area contributed by atoms with Gasteiger partial charge in [0.05, 0.1) is 0 Å². The second kappa shape index (κ2) is 6.12. The predicted octanol–water partition coefficient (Wildman–Crippen LogP) is 3.09. The molecule has 0 saturated heterocycles. The highest BCUT2D eigenvalue weighted by atomic mass is 32.1. The number of hydrogen-bond acceptors (Lipinski definition) is 2. The first-order chi connectivity index (χ1) is 8.75. The van der Waals surface area contributed by atoms with Crippen molar-refractivity contribution in [2.45, 2.75) is 6.92 Å². The quantitative estimate of drug-likeness (QED) is 0.496. The lowest BCUT2D eigenvalue weighted by molar-refractivity contribution is 0.993. The van der Waals surface area contributed by atoms with Gasteiger partial charge in [-0.1, -0.05) is 42.5 Å².